The molecule has 0 bridgehead atoms. The Morgan fingerprint density at radius 3 is 2.94 bits per heavy atom. The molecule has 0 saturated heterocycles. The molecule has 2 rings (SSSR count). The first kappa shape index (κ1) is 14.3. The summed E-state index contributed by atoms with van der Waals surface area (Å²) in [6.07, 6.45) is 2.69. The van der Waals surface area contributed by atoms with E-state index in [9.17, 15) is 4.79 Å². The fourth-order valence-electron chi connectivity index (χ4n) is 2.39. The Balaban J connectivity index is 0.00000144. The van der Waals surface area contributed by atoms with Crippen molar-refractivity contribution in [3.8, 4) is 0 Å². The molecule has 3 nitrogen and oxygen atoms in total. The van der Waals surface area contributed by atoms with Gasteiger partial charge in [-0.25, -0.2) is 0 Å². The number of hydrogen-bond donors (Lipinski definition) is 1. The van der Waals surface area contributed by atoms with Crippen LogP contribution in [0, 0.1) is 0 Å². The van der Waals surface area contributed by atoms with Crippen LogP contribution in [0.2, 0.25) is 5.02 Å². The van der Waals surface area contributed by atoms with Crippen molar-refractivity contribution >= 4 is 30.5 Å². The lowest BCUT2D eigenvalue weighted by molar-refractivity contribution is -0.145. The molecule has 1 aromatic carbocycles. The SMILES string of the molecule is Cl.NC[C@]1(OC=O)CCCc2cc(Cl)ccc21. The summed E-state index contributed by atoms with van der Waals surface area (Å²) < 4.78 is 5.24. The summed E-state index contributed by atoms with van der Waals surface area (Å²) in [4.78, 5) is 10.6. The van der Waals surface area contributed by atoms with Gasteiger partial charge in [-0.1, -0.05) is 17.7 Å². The summed E-state index contributed by atoms with van der Waals surface area (Å²) in [6.45, 7) is 0.789. The molecule has 0 fully saturated rings. The lowest BCUT2D eigenvalue weighted by atomic mass is 9.79. The average molecular weight is 276 g/mol. The normalized spacial score (nSPS) is 22.2. The quantitative estimate of drug-likeness (QED) is 0.862. The summed E-state index contributed by atoms with van der Waals surface area (Å²) in [5.41, 5.74) is 7.24. The van der Waals surface area contributed by atoms with Gasteiger partial charge >= 0.3 is 0 Å². The number of benzene rings is 1. The highest BCUT2D eigenvalue weighted by Crippen LogP contribution is 2.38. The van der Waals surface area contributed by atoms with Crippen molar-refractivity contribution < 1.29 is 9.53 Å². The maximum absolute atomic E-state index is 10.6. The third kappa shape index (κ3) is 2.57. The van der Waals surface area contributed by atoms with Gasteiger partial charge in [-0.05, 0) is 37.0 Å². The molecule has 0 aromatic heterocycles. The predicted molar refractivity (Wildman–Crippen MR) is 69.5 cm³/mol. The van der Waals surface area contributed by atoms with Crippen molar-refractivity contribution in [3.63, 3.8) is 0 Å². The molecule has 0 aliphatic heterocycles. The average Bonchev–Trinajstić information content (AvgIpc) is 2.29. The van der Waals surface area contributed by atoms with Crippen molar-refractivity contribution in [2.24, 2.45) is 5.73 Å². The van der Waals surface area contributed by atoms with E-state index < -0.39 is 5.60 Å². The van der Waals surface area contributed by atoms with E-state index in [1.807, 2.05) is 18.2 Å². The maximum Gasteiger partial charge on any atom is 0.294 e. The van der Waals surface area contributed by atoms with Gasteiger partial charge in [0.25, 0.3) is 6.47 Å². The highest BCUT2D eigenvalue weighted by atomic mass is 35.5. The summed E-state index contributed by atoms with van der Waals surface area (Å²) in [5, 5.41) is 0.706. The second-order valence-electron chi connectivity index (χ2n) is 4.07. The third-order valence-corrected chi connectivity index (χ3v) is 3.42. The van der Waals surface area contributed by atoms with Crippen LogP contribution in [0.1, 0.15) is 24.0 Å². The van der Waals surface area contributed by atoms with Gasteiger partial charge in [0.15, 0.2) is 0 Å². The molecule has 0 unspecified atom stereocenters. The third-order valence-electron chi connectivity index (χ3n) is 3.19. The van der Waals surface area contributed by atoms with Crippen LogP contribution in [0.5, 0.6) is 0 Å². The maximum atomic E-state index is 10.6. The van der Waals surface area contributed by atoms with Crippen LogP contribution in [-0.2, 0) is 21.6 Å². The molecule has 0 saturated carbocycles. The molecule has 1 aliphatic carbocycles. The first-order chi connectivity index (χ1) is 7.72. The Kier molecular flexibility index (Phi) is 4.80. The van der Waals surface area contributed by atoms with Gasteiger partial charge in [0, 0.05) is 17.1 Å². The summed E-state index contributed by atoms with van der Waals surface area (Å²) >= 11 is 5.95. The van der Waals surface area contributed by atoms with Gasteiger partial charge in [-0.3, -0.25) is 4.79 Å². The molecule has 0 spiro atoms. The van der Waals surface area contributed by atoms with Gasteiger partial charge in [-0.2, -0.15) is 0 Å². The molecule has 1 atom stereocenters. The van der Waals surface area contributed by atoms with Gasteiger partial charge in [0.1, 0.15) is 5.60 Å². The Hall–Kier alpha value is -0.770. The molecule has 1 aromatic rings. The van der Waals surface area contributed by atoms with E-state index in [1.54, 1.807) is 0 Å². The summed E-state index contributed by atoms with van der Waals surface area (Å²) in [5.74, 6) is 0. The standard InChI is InChI=1S/C12H14ClNO2.ClH/c13-10-3-4-11-9(6-10)2-1-5-12(11,7-14)16-8-15;/h3-4,6,8H,1-2,5,7,14H2;1H/t12-;/m1./s1. The van der Waals surface area contributed by atoms with Crippen molar-refractivity contribution in [2.45, 2.75) is 24.9 Å². The van der Waals surface area contributed by atoms with Gasteiger partial charge in [-0.15, -0.1) is 12.4 Å². The number of aryl methyl sites for hydroxylation is 1. The highest BCUT2D eigenvalue weighted by molar-refractivity contribution is 6.30. The van der Waals surface area contributed by atoms with Crippen molar-refractivity contribution in [1.29, 1.82) is 0 Å². The Morgan fingerprint density at radius 1 is 1.53 bits per heavy atom. The number of halogens is 2. The van der Waals surface area contributed by atoms with Crippen LogP contribution in [0.25, 0.3) is 0 Å². The van der Waals surface area contributed by atoms with E-state index in [-0.39, 0.29) is 12.4 Å². The van der Waals surface area contributed by atoms with Gasteiger partial charge in [0.05, 0.1) is 0 Å². The van der Waals surface area contributed by atoms with Gasteiger partial charge < -0.3 is 10.5 Å². The second kappa shape index (κ2) is 5.71. The fourth-order valence-corrected chi connectivity index (χ4v) is 2.58. The Bertz CT molecular complexity index is 411. The van der Waals surface area contributed by atoms with E-state index in [1.165, 1.54) is 0 Å². The second-order valence-corrected chi connectivity index (χ2v) is 4.50. The largest absolute Gasteiger partial charge is 0.455 e. The van der Waals surface area contributed by atoms with Crippen molar-refractivity contribution in [1.82, 2.24) is 0 Å². The topological polar surface area (TPSA) is 52.3 Å². The molecular weight excluding hydrogens is 261 g/mol. The predicted octanol–water partition coefficient (Wildman–Crippen LogP) is 2.43. The minimum absolute atomic E-state index is 0. The molecule has 1 aliphatic rings. The van der Waals surface area contributed by atoms with Crippen LogP contribution in [0.15, 0.2) is 18.2 Å². The number of rotatable bonds is 3. The molecule has 0 radical (unpaired) electrons. The van der Waals surface area contributed by atoms with Crippen LogP contribution in [-0.4, -0.2) is 13.0 Å². The van der Waals surface area contributed by atoms with E-state index in [4.69, 9.17) is 22.1 Å². The zero-order chi connectivity index (χ0) is 11.6. The highest BCUT2D eigenvalue weighted by Gasteiger charge is 2.37. The minimum atomic E-state index is -0.653. The van der Waals surface area contributed by atoms with Gasteiger partial charge in [0.2, 0.25) is 0 Å². The van der Waals surface area contributed by atoms with Crippen LogP contribution >= 0.6 is 24.0 Å². The van der Waals surface area contributed by atoms with Crippen molar-refractivity contribution in [2.75, 3.05) is 6.54 Å². The van der Waals surface area contributed by atoms with Crippen LogP contribution < -0.4 is 5.73 Å². The lowest BCUT2D eigenvalue weighted by Crippen LogP contribution is -2.40. The smallest absolute Gasteiger partial charge is 0.294 e. The number of ether oxygens (including phenoxy) is 1. The number of nitrogens with two attached hydrogens (primary N) is 1. The van der Waals surface area contributed by atoms with Crippen LogP contribution in [0.4, 0.5) is 0 Å². The Labute approximate surface area is 112 Å². The van der Waals surface area contributed by atoms with Crippen molar-refractivity contribution in [3.05, 3.63) is 34.3 Å². The van der Waals surface area contributed by atoms with E-state index >= 15 is 0 Å². The molecule has 0 amide bonds. The van der Waals surface area contributed by atoms with E-state index in [2.05, 4.69) is 0 Å². The lowest BCUT2D eigenvalue weighted by Gasteiger charge is -2.36. The van der Waals surface area contributed by atoms with Crippen LogP contribution in [0.3, 0.4) is 0 Å². The zero-order valence-corrected chi connectivity index (χ0v) is 10.9. The number of carbonyl (C=O) groups is 1. The molecule has 2 N–H and O–H groups in total. The molecular formula is C12H15Cl2NO2. The summed E-state index contributed by atoms with van der Waals surface area (Å²) in [7, 11) is 0. The molecule has 94 valence electrons. The first-order valence-electron chi connectivity index (χ1n) is 5.32. The number of carbonyl (C=O) groups excluding carboxylic acids is 1. The molecule has 0 heterocycles. The summed E-state index contributed by atoms with van der Waals surface area (Å²) in [6, 6.07) is 5.64. The number of hydrogen-bond acceptors (Lipinski definition) is 3. The Morgan fingerprint density at radius 2 is 2.29 bits per heavy atom. The monoisotopic (exact) mass is 275 g/mol. The minimum Gasteiger partial charge on any atom is -0.455 e. The first-order valence-corrected chi connectivity index (χ1v) is 5.70. The van der Waals surface area contributed by atoms with E-state index in [0.717, 1.165) is 30.4 Å². The molecule has 5 heteroatoms. The van der Waals surface area contributed by atoms with E-state index in [0.29, 0.717) is 18.0 Å². The number of fused-ring (bicyclic) bond motifs is 1. The fraction of sp³-hybridized carbons (Fsp3) is 0.417. The zero-order valence-electron chi connectivity index (χ0n) is 9.32. The molecule has 17 heavy (non-hydrogen) atoms.